The van der Waals surface area contributed by atoms with Gasteiger partial charge in [0.1, 0.15) is 18.4 Å². The average Bonchev–Trinajstić information content (AvgIpc) is 2.94. The Hall–Kier alpha value is -2.11. The minimum atomic E-state index is -0.241. The van der Waals surface area contributed by atoms with Crippen LogP contribution >= 0.6 is 0 Å². The van der Waals surface area contributed by atoms with Crippen LogP contribution in [0.3, 0.4) is 0 Å². The summed E-state index contributed by atoms with van der Waals surface area (Å²) in [5, 5.41) is 7.04. The number of fused-ring (bicyclic) bond motifs is 1. The molecular weight excluding hydrogens is 268 g/mol. The Morgan fingerprint density at radius 2 is 2.14 bits per heavy atom. The van der Waals surface area contributed by atoms with Crippen LogP contribution in [0.4, 0.5) is 0 Å². The fourth-order valence-corrected chi connectivity index (χ4v) is 2.90. The van der Waals surface area contributed by atoms with Crippen molar-refractivity contribution in [1.29, 1.82) is 0 Å². The standard InChI is InChI=1S/C15H20N4O2/c1-11-4-6-12(7-5-11)17-14(20)9-19-15(21)13-3-2-8-18(13)10-16-19/h2-3,8,10-12H,4-7,9H2,1H3,(H,17,20). The summed E-state index contributed by atoms with van der Waals surface area (Å²) in [6.45, 7) is 2.22. The fraction of sp³-hybridized carbons (Fsp3) is 0.533. The quantitative estimate of drug-likeness (QED) is 0.922. The van der Waals surface area contributed by atoms with Crippen molar-refractivity contribution < 1.29 is 4.79 Å². The summed E-state index contributed by atoms with van der Waals surface area (Å²) in [6.07, 6.45) is 7.65. The van der Waals surface area contributed by atoms with E-state index in [2.05, 4.69) is 17.3 Å². The summed E-state index contributed by atoms with van der Waals surface area (Å²) in [5.41, 5.74) is 0.291. The molecule has 1 aliphatic rings. The van der Waals surface area contributed by atoms with E-state index in [4.69, 9.17) is 0 Å². The SMILES string of the molecule is CC1CCC(NC(=O)Cn2ncn3cccc3c2=O)CC1. The van der Waals surface area contributed by atoms with Crippen LogP contribution in [-0.4, -0.2) is 26.1 Å². The van der Waals surface area contributed by atoms with E-state index in [0.717, 1.165) is 31.6 Å². The van der Waals surface area contributed by atoms with E-state index >= 15 is 0 Å². The zero-order valence-electron chi connectivity index (χ0n) is 12.2. The van der Waals surface area contributed by atoms with E-state index < -0.39 is 0 Å². The predicted molar refractivity (Wildman–Crippen MR) is 79.0 cm³/mol. The van der Waals surface area contributed by atoms with Crippen LogP contribution in [0.1, 0.15) is 32.6 Å². The van der Waals surface area contributed by atoms with E-state index in [9.17, 15) is 9.59 Å². The highest BCUT2D eigenvalue weighted by atomic mass is 16.2. The number of hydrogen-bond acceptors (Lipinski definition) is 3. The van der Waals surface area contributed by atoms with Crippen LogP contribution in [0.15, 0.2) is 29.5 Å². The molecule has 0 aromatic carbocycles. The lowest BCUT2D eigenvalue weighted by Crippen LogP contribution is -2.41. The van der Waals surface area contributed by atoms with Gasteiger partial charge in [0.05, 0.1) is 0 Å². The van der Waals surface area contributed by atoms with Crippen molar-refractivity contribution in [3.8, 4) is 0 Å². The summed E-state index contributed by atoms with van der Waals surface area (Å²) < 4.78 is 2.87. The highest BCUT2D eigenvalue weighted by Crippen LogP contribution is 2.23. The van der Waals surface area contributed by atoms with Gasteiger partial charge in [0.2, 0.25) is 5.91 Å². The number of aromatic nitrogens is 3. The van der Waals surface area contributed by atoms with Crippen LogP contribution in [0.2, 0.25) is 0 Å². The number of nitrogens with one attached hydrogen (secondary N) is 1. The molecule has 1 fully saturated rings. The number of carbonyl (C=O) groups excluding carboxylic acids is 1. The van der Waals surface area contributed by atoms with Crippen molar-refractivity contribution in [1.82, 2.24) is 19.5 Å². The largest absolute Gasteiger partial charge is 0.352 e. The number of rotatable bonds is 3. The Kier molecular flexibility index (Phi) is 3.77. The monoisotopic (exact) mass is 288 g/mol. The molecule has 0 unspecified atom stereocenters. The van der Waals surface area contributed by atoms with Crippen molar-refractivity contribution >= 4 is 11.4 Å². The van der Waals surface area contributed by atoms with Crippen molar-refractivity contribution in [2.75, 3.05) is 0 Å². The van der Waals surface area contributed by atoms with E-state index in [0.29, 0.717) is 5.52 Å². The minimum Gasteiger partial charge on any atom is -0.352 e. The summed E-state index contributed by atoms with van der Waals surface area (Å²) >= 11 is 0. The van der Waals surface area contributed by atoms with E-state index in [-0.39, 0.29) is 24.1 Å². The molecule has 1 saturated carbocycles. The predicted octanol–water partition coefficient (Wildman–Crippen LogP) is 1.19. The first kappa shape index (κ1) is 13.9. The lowest BCUT2D eigenvalue weighted by atomic mass is 9.87. The second-order valence-electron chi connectivity index (χ2n) is 5.92. The second kappa shape index (κ2) is 5.71. The lowest BCUT2D eigenvalue weighted by molar-refractivity contribution is -0.122. The van der Waals surface area contributed by atoms with Crippen LogP contribution in [0.25, 0.3) is 5.52 Å². The smallest absolute Gasteiger partial charge is 0.291 e. The molecule has 6 nitrogen and oxygen atoms in total. The van der Waals surface area contributed by atoms with Gasteiger partial charge in [0, 0.05) is 12.2 Å². The first-order chi connectivity index (χ1) is 10.1. The summed E-state index contributed by atoms with van der Waals surface area (Å²) in [4.78, 5) is 24.2. The normalized spacial score (nSPS) is 22.3. The van der Waals surface area contributed by atoms with E-state index in [1.807, 2.05) is 0 Å². The Labute approximate surface area is 122 Å². The molecule has 2 heterocycles. The first-order valence-electron chi connectivity index (χ1n) is 7.45. The molecule has 0 atom stereocenters. The fourth-order valence-electron chi connectivity index (χ4n) is 2.90. The molecule has 1 amide bonds. The highest BCUT2D eigenvalue weighted by Gasteiger charge is 2.20. The second-order valence-corrected chi connectivity index (χ2v) is 5.92. The van der Waals surface area contributed by atoms with E-state index in [1.54, 1.807) is 29.1 Å². The number of amides is 1. The van der Waals surface area contributed by atoms with Gasteiger partial charge in [-0.3, -0.25) is 9.59 Å². The zero-order valence-corrected chi connectivity index (χ0v) is 12.2. The molecule has 112 valence electrons. The maximum Gasteiger partial charge on any atom is 0.291 e. The molecule has 0 radical (unpaired) electrons. The van der Waals surface area contributed by atoms with Crippen molar-refractivity contribution in [3.05, 3.63) is 35.0 Å². The van der Waals surface area contributed by atoms with Gasteiger partial charge in [-0.25, -0.2) is 4.68 Å². The van der Waals surface area contributed by atoms with Gasteiger partial charge < -0.3 is 9.72 Å². The Balaban J connectivity index is 1.66. The topological polar surface area (TPSA) is 68.4 Å². The number of hydrogen-bond donors (Lipinski definition) is 1. The van der Waals surface area contributed by atoms with Crippen molar-refractivity contribution in [2.24, 2.45) is 5.92 Å². The number of carbonyl (C=O) groups is 1. The first-order valence-corrected chi connectivity index (χ1v) is 7.45. The molecule has 3 rings (SSSR count). The Bertz CT molecular complexity index is 695. The summed E-state index contributed by atoms with van der Waals surface area (Å²) in [7, 11) is 0. The van der Waals surface area contributed by atoms with Gasteiger partial charge in [-0.15, -0.1) is 0 Å². The third kappa shape index (κ3) is 2.99. The minimum absolute atomic E-state index is 0.0213. The molecule has 0 aliphatic heterocycles. The van der Waals surface area contributed by atoms with Crippen molar-refractivity contribution in [2.45, 2.75) is 45.2 Å². The molecule has 0 bridgehead atoms. The number of nitrogens with zero attached hydrogens (tertiary/aromatic N) is 3. The molecule has 0 saturated heterocycles. The van der Waals surface area contributed by atoms with Gasteiger partial charge in [-0.05, 0) is 43.7 Å². The molecular formula is C15H20N4O2. The lowest BCUT2D eigenvalue weighted by Gasteiger charge is -2.26. The third-order valence-corrected chi connectivity index (χ3v) is 4.22. The molecule has 21 heavy (non-hydrogen) atoms. The van der Waals surface area contributed by atoms with Crippen molar-refractivity contribution in [3.63, 3.8) is 0 Å². The van der Waals surface area contributed by atoms with Crippen LogP contribution in [0.5, 0.6) is 0 Å². The third-order valence-electron chi connectivity index (χ3n) is 4.22. The maximum atomic E-state index is 12.2. The van der Waals surface area contributed by atoms with Crippen LogP contribution < -0.4 is 10.9 Å². The van der Waals surface area contributed by atoms with Gasteiger partial charge in [0.25, 0.3) is 5.56 Å². The Morgan fingerprint density at radius 3 is 2.90 bits per heavy atom. The van der Waals surface area contributed by atoms with Gasteiger partial charge in [-0.2, -0.15) is 5.10 Å². The van der Waals surface area contributed by atoms with Gasteiger partial charge in [-0.1, -0.05) is 6.92 Å². The van der Waals surface area contributed by atoms with Crippen LogP contribution in [-0.2, 0) is 11.3 Å². The highest BCUT2D eigenvalue weighted by molar-refractivity contribution is 5.76. The zero-order chi connectivity index (χ0) is 14.8. The summed E-state index contributed by atoms with van der Waals surface area (Å²) in [5.74, 6) is 0.610. The Morgan fingerprint density at radius 1 is 1.38 bits per heavy atom. The molecule has 1 N–H and O–H groups in total. The van der Waals surface area contributed by atoms with Gasteiger partial charge >= 0.3 is 0 Å². The molecule has 1 aliphatic carbocycles. The molecule has 2 aromatic rings. The van der Waals surface area contributed by atoms with Crippen LogP contribution in [0, 0.1) is 5.92 Å². The van der Waals surface area contributed by atoms with Gasteiger partial charge in [0.15, 0.2) is 0 Å². The summed E-state index contributed by atoms with van der Waals surface area (Å²) in [6, 6.07) is 3.74. The maximum absolute atomic E-state index is 12.2. The average molecular weight is 288 g/mol. The molecule has 6 heteroatoms. The molecule has 2 aromatic heterocycles. The van der Waals surface area contributed by atoms with E-state index in [1.165, 1.54) is 4.68 Å². The molecule has 0 spiro atoms.